The minimum atomic E-state index is 0.263. The number of hydrogen-bond acceptors (Lipinski definition) is 4. The zero-order chi connectivity index (χ0) is 16.0. The van der Waals surface area contributed by atoms with Crippen LogP contribution in [0.3, 0.4) is 0 Å². The molecule has 5 heteroatoms. The zero-order valence-electron chi connectivity index (χ0n) is 13.7. The van der Waals surface area contributed by atoms with Crippen LogP contribution in [0.25, 0.3) is 11.0 Å². The number of aromatic nitrogens is 3. The summed E-state index contributed by atoms with van der Waals surface area (Å²) >= 11 is 0. The lowest BCUT2D eigenvalue weighted by Gasteiger charge is -2.33. The first kappa shape index (κ1) is 14.5. The van der Waals surface area contributed by atoms with Gasteiger partial charge < -0.3 is 4.90 Å². The fourth-order valence-corrected chi connectivity index (χ4v) is 3.71. The number of likely N-dealkylation sites (tertiary alicyclic amines) is 1. The normalized spacial score (nSPS) is 27.2. The first-order valence-electron chi connectivity index (χ1n) is 8.51. The average Bonchev–Trinajstić information content (AvgIpc) is 3.30. The molecule has 1 aliphatic carbocycles. The first-order valence-corrected chi connectivity index (χ1v) is 8.51. The van der Waals surface area contributed by atoms with Crippen molar-refractivity contribution in [2.45, 2.75) is 39.0 Å². The molecular weight excluding hydrogens is 288 g/mol. The third-order valence-electron chi connectivity index (χ3n) is 5.16. The van der Waals surface area contributed by atoms with Crippen LogP contribution in [0.5, 0.6) is 0 Å². The second kappa shape index (κ2) is 5.55. The largest absolute Gasteiger partial charge is 0.342 e. The summed E-state index contributed by atoms with van der Waals surface area (Å²) in [6, 6.07) is 3.98. The maximum Gasteiger partial charge on any atom is 0.225 e. The van der Waals surface area contributed by atoms with E-state index in [1.165, 1.54) is 0 Å². The third-order valence-corrected chi connectivity index (χ3v) is 5.16. The third kappa shape index (κ3) is 2.69. The molecule has 5 nitrogen and oxygen atoms in total. The molecule has 1 saturated carbocycles. The van der Waals surface area contributed by atoms with Crippen LogP contribution in [0.4, 0.5) is 0 Å². The molecule has 0 N–H and O–H groups in total. The van der Waals surface area contributed by atoms with Crippen LogP contribution in [0.2, 0.25) is 0 Å². The van der Waals surface area contributed by atoms with Gasteiger partial charge in [0.25, 0.3) is 0 Å². The molecule has 0 bridgehead atoms. The predicted octanol–water partition coefficient (Wildman–Crippen LogP) is 2.70. The second-order valence-corrected chi connectivity index (χ2v) is 6.97. The molecule has 2 aromatic rings. The van der Waals surface area contributed by atoms with E-state index < -0.39 is 0 Å². The van der Waals surface area contributed by atoms with Crippen LogP contribution in [-0.2, 0) is 4.79 Å². The summed E-state index contributed by atoms with van der Waals surface area (Å²) in [5.41, 5.74) is 1.82. The molecule has 1 aliphatic heterocycles. The maximum absolute atomic E-state index is 12.6. The predicted molar refractivity (Wildman–Crippen MR) is 87.9 cm³/mol. The molecule has 0 spiro atoms. The van der Waals surface area contributed by atoms with Gasteiger partial charge in [-0.1, -0.05) is 6.92 Å². The van der Waals surface area contributed by atoms with E-state index in [0.717, 1.165) is 54.9 Å². The molecule has 0 radical (unpaired) electrons. The number of piperidine rings is 1. The van der Waals surface area contributed by atoms with Gasteiger partial charge in [0, 0.05) is 36.5 Å². The second-order valence-electron chi connectivity index (χ2n) is 6.97. The van der Waals surface area contributed by atoms with Crippen LogP contribution < -0.4 is 0 Å². The zero-order valence-corrected chi connectivity index (χ0v) is 13.7. The van der Waals surface area contributed by atoms with Gasteiger partial charge in [-0.25, -0.2) is 15.0 Å². The Morgan fingerprint density at radius 2 is 2.17 bits per heavy atom. The topological polar surface area (TPSA) is 59.0 Å². The maximum atomic E-state index is 12.6. The van der Waals surface area contributed by atoms with E-state index in [-0.39, 0.29) is 11.8 Å². The highest BCUT2D eigenvalue weighted by Gasteiger charge is 2.42. The summed E-state index contributed by atoms with van der Waals surface area (Å²) in [6.07, 6.45) is 4.94. The van der Waals surface area contributed by atoms with E-state index in [2.05, 4.69) is 21.8 Å². The Kier molecular flexibility index (Phi) is 3.51. The van der Waals surface area contributed by atoms with Crippen molar-refractivity contribution in [3.05, 3.63) is 29.8 Å². The van der Waals surface area contributed by atoms with Gasteiger partial charge in [0.05, 0.1) is 5.69 Å². The van der Waals surface area contributed by atoms with Gasteiger partial charge in [-0.3, -0.25) is 4.79 Å². The van der Waals surface area contributed by atoms with E-state index >= 15 is 0 Å². The summed E-state index contributed by atoms with van der Waals surface area (Å²) < 4.78 is 0. The average molecular weight is 310 g/mol. The molecule has 2 fully saturated rings. The van der Waals surface area contributed by atoms with E-state index in [9.17, 15) is 4.79 Å². The molecule has 3 atom stereocenters. The van der Waals surface area contributed by atoms with Gasteiger partial charge in [0.2, 0.25) is 5.91 Å². The van der Waals surface area contributed by atoms with Crippen molar-refractivity contribution in [2.24, 2.45) is 11.8 Å². The van der Waals surface area contributed by atoms with Gasteiger partial charge in [-0.2, -0.15) is 0 Å². The van der Waals surface area contributed by atoms with E-state index in [0.29, 0.717) is 11.8 Å². The number of amides is 1. The Morgan fingerprint density at radius 3 is 2.96 bits per heavy atom. The Morgan fingerprint density at radius 1 is 1.35 bits per heavy atom. The molecule has 120 valence electrons. The molecule has 4 rings (SSSR count). The van der Waals surface area contributed by atoms with Crippen molar-refractivity contribution in [1.82, 2.24) is 19.9 Å². The summed E-state index contributed by atoms with van der Waals surface area (Å²) in [7, 11) is 0. The minimum Gasteiger partial charge on any atom is -0.342 e. The summed E-state index contributed by atoms with van der Waals surface area (Å²) in [5, 5.41) is 1.03. The van der Waals surface area contributed by atoms with Gasteiger partial charge in [-0.15, -0.1) is 0 Å². The fraction of sp³-hybridized carbons (Fsp3) is 0.556. The SMILES string of the molecule is Cc1nc([C@@H]2CCCN(C(=O)[C@@H]3C[C@H]3C)C2)c2cccnc2n1. The van der Waals surface area contributed by atoms with Crippen LogP contribution >= 0.6 is 0 Å². The Labute approximate surface area is 136 Å². The molecular formula is C18H22N4O. The highest BCUT2D eigenvalue weighted by atomic mass is 16.2. The lowest BCUT2D eigenvalue weighted by Crippen LogP contribution is -2.40. The number of carbonyl (C=O) groups excluding carboxylic acids is 1. The van der Waals surface area contributed by atoms with Crippen molar-refractivity contribution >= 4 is 16.9 Å². The van der Waals surface area contributed by atoms with Crippen molar-refractivity contribution in [1.29, 1.82) is 0 Å². The van der Waals surface area contributed by atoms with E-state index in [1.807, 2.05) is 19.1 Å². The number of nitrogens with zero attached hydrogens (tertiary/aromatic N) is 4. The Balaban J connectivity index is 1.64. The van der Waals surface area contributed by atoms with Crippen LogP contribution in [0.1, 0.15) is 43.6 Å². The van der Waals surface area contributed by atoms with Gasteiger partial charge in [-0.05, 0) is 44.2 Å². The van der Waals surface area contributed by atoms with Crippen LogP contribution in [0, 0.1) is 18.8 Å². The Hall–Kier alpha value is -2.04. The van der Waals surface area contributed by atoms with Crippen molar-refractivity contribution < 1.29 is 4.79 Å². The number of carbonyl (C=O) groups is 1. The molecule has 23 heavy (non-hydrogen) atoms. The van der Waals surface area contributed by atoms with E-state index in [4.69, 9.17) is 4.98 Å². The van der Waals surface area contributed by atoms with Crippen LogP contribution in [-0.4, -0.2) is 38.8 Å². The highest BCUT2D eigenvalue weighted by molar-refractivity contribution is 5.82. The molecule has 0 aromatic carbocycles. The number of aryl methyl sites for hydroxylation is 1. The minimum absolute atomic E-state index is 0.263. The van der Waals surface area contributed by atoms with Crippen LogP contribution in [0.15, 0.2) is 18.3 Å². The number of hydrogen-bond donors (Lipinski definition) is 0. The van der Waals surface area contributed by atoms with Gasteiger partial charge in [0.1, 0.15) is 5.82 Å². The lowest BCUT2D eigenvalue weighted by molar-refractivity contribution is -0.134. The number of fused-ring (bicyclic) bond motifs is 1. The highest BCUT2D eigenvalue weighted by Crippen LogP contribution is 2.40. The molecule has 2 aromatic heterocycles. The molecule has 0 unspecified atom stereocenters. The molecule has 1 saturated heterocycles. The number of pyridine rings is 1. The summed E-state index contributed by atoms with van der Waals surface area (Å²) in [6.45, 7) is 5.74. The molecule has 2 aliphatic rings. The van der Waals surface area contributed by atoms with E-state index in [1.54, 1.807) is 6.20 Å². The number of rotatable bonds is 2. The fourth-order valence-electron chi connectivity index (χ4n) is 3.71. The quantitative estimate of drug-likeness (QED) is 0.855. The summed E-state index contributed by atoms with van der Waals surface area (Å²) in [4.78, 5) is 28.1. The van der Waals surface area contributed by atoms with Crippen molar-refractivity contribution in [3.8, 4) is 0 Å². The molecule has 1 amide bonds. The van der Waals surface area contributed by atoms with Crippen molar-refractivity contribution in [3.63, 3.8) is 0 Å². The van der Waals surface area contributed by atoms with Crippen molar-refractivity contribution in [2.75, 3.05) is 13.1 Å². The summed E-state index contributed by atoms with van der Waals surface area (Å²) in [5.74, 6) is 2.21. The lowest BCUT2D eigenvalue weighted by atomic mass is 9.92. The smallest absolute Gasteiger partial charge is 0.225 e. The first-order chi connectivity index (χ1) is 11.1. The van der Waals surface area contributed by atoms with Gasteiger partial charge >= 0.3 is 0 Å². The molecule has 3 heterocycles. The monoisotopic (exact) mass is 310 g/mol. The van der Waals surface area contributed by atoms with Gasteiger partial charge in [0.15, 0.2) is 5.65 Å². The Bertz CT molecular complexity index is 760. The standard InChI is InChI=1S/C18H22N4O/c1-11-9-15(11)18(23)22-8-4-5-13(10-22)16-14-6-3-7-19-17(14)21-12(2)20-16/h3,6-7,11,13,15H,4-5,8-10H2,1-2H3/t11-,13-,15-/m1/s1.